The van der Waals surface area contributed by atoms with Gasteiger partial charge in [-0.15, -0.1) is 0 Å². The molecule has 0 aromatic heterocycles. The number of piperidine rings is 2. The van der Waals surface area contributed by atoms with E-state index in [1.807, 2.05) is 12.1 Å². The summed E-state index contributed by atoms with van der Waals surface area (Å²) in [5, 5.41) is 0.733. The van der Waals surface area contributed by atoms with Crippen LogP contribution in [0, 0.1) is 5.92 Å². The number of anilines is 1. The first-order valence-corrected chi connectivity index (χ1v) is 9.12. The summed E-state index contributed by atoms with van der Waals surface area (Å²) in [5.41, 5.74) is 2.37. The van der Waals surface area contributed by atoms with E-state index in [0.29, 0.717) is 18.2 Å². The molecule has 1 aliphatic carbocycles. The van der Waals surface area contributed by atoms with Crippen molar-refractivity contribution in [2.24, 2.45) is 5.92 Å². The van der Waals surface area contributed by atoms with Crippen LogP contribution in [0.2, 0.25) is 5.02 Å². The van der Waals surface area contributed by atoms with E-state index in [1.54, 1.807) is 0 Å². The van der Waals surface area contributed by atoms with Gasteiger partial charge in [0.1, 0.15) is 5.78 Å². The molecule has 3 atom stereocenters. The van der Waals surface area contributed by atoms with E-state index >= 15 is 0 Å². The summed E-state index contributed by atoms with van der Waals surface area (Å²) in [6.45, 7) is 0. The van der Waals surface area contributed by atoms with Gasteiger partial charge >= 0.3 is 0 Å². The number of benzene rings is 2. The fourth-order valence-corrected chi connectivity index (χ4v) is 4.44. The minimum absolute atomic E-state index is 0.0878. The zero-order chi connectivity index (χ0) is 16.0. The fraction of sp³-hybridized carbons (Fsp3) is 0.316. The van der Waals surface area contributed by atoms with Crippen molar-refractivity contribution in [3.8, 4) is 0 Å². The molecule has 3 unspecified atom stereocenters. The molecule has 2 bridgehead atoms. The van der Waals surface area contributed by atoms with Gasteiger partial charge in [-0.3, -0.25) is 4.79 Å². The number of hydrogen-bond acceptors (Lipinski definition) is 2. The number of halogens is 2. The normalized spacial score (nSPS) is 26.6. The van der Waals surface area contributed by atoms with E-state index in [2.05, 4.69) is 57.2 Å². The Hall–Kier alpha value is -1.32. The highest BCUT2D eigenvalue weighted by Crippen LogP contribution is 2.48. The lowest BCUT2D eigenvalue weighted by Crippen LogP contribution is -2.54. The topological polar surface area (TPSA) is 20.3 Å². The molecule has 1 saturated carbocycles. The van der Waals surface area contributed by atoms with Crippen LogP contribution in [0.1, 0.15) is 30.9 Å². The van der Waals surface area contributed by atoms with Crippen molar-refractivity contribution >= 4 is 39.0 Å². The van der Waals surface area contributed by atoms with E-state index in [0.717, 1.165) is 22.3 Å². The van der Waals surface area contributed by atoms with Gasteiger partial charge in [-0.25, -0.2) is 0 Å². The smallest absolute Gasteiger partial charge is 0.140 e. The first kappa shape index (κ1) is 15.2. The Labute approximate surface area is 149 Å². The van der Waals surface area contributed by atoms with Gasteiger partial charge in [0.25, 0.3) is 0 Å². The minimum atomic E-state index is 0.0878. The standard InChI is InChI=1S/C19H17BrClNO/c20-13-3-7-15(8-4-13)22-16-9-10-17(18(23)11-16)19(22)12-1-5-14(21)6-2-12/h1-8,16-17,19H,9-11H2. The average Bonchev–Trinajstić information content (AvgIpc) is 2.56. The van der Waals surface area contributed by atoms with E-state index in [4.69, 9.17) is 11.6 Å². The number of carbonyl (C=O) groups excluding carboxylic acids is 1. The average molecular weight is 391 g/mol. The van der Waals surface area contributed by atoms with E-state index in [9.17, 15) is 4.79 Å². The summed E-state index contributed by atoms with van der Waals surface area (Å²) in [7, 11) is 0. The van der Waals surface area contributed by atoms with Crippen molar-refractivity contribution in [3.63, 3.8) is 0 Å². The lowest BCUT2D eigenvalue weighted by molar-refractivity contribution is -0.128. The van der Waals surface area contributed by atoms with Gasteiger partial charge in [0, 0.05) is 33.6 Å². The van der Waals surface area contributed by atoms with Crippen LogP contribution in [-0.2, 0) is 4.79 Å². The van der Waals surface area contributed by atoms with Gasteiger partial charge in [0.15, 0.2) is 0 Å². The van der Waals surface area contributed by atoms with Gasteiger partial charge in [-0.1, -0.05) is 39.7 Å². The summed E-state index contributed by atoms with van der Waals surface area (Å²) in [5.74, 6) is 0.499. The summed E-state index contributed by atoms with van der Waals surface area (Å²) < 4.78 is 1.07. The van der Waals surface area contributed by atoms with Crippen LogP contribution < -0.4 is 4.90 Å². The Morgan fingerprint density at radius 1 is 1.00 bits per heavy atom. The fourth-order valence-electron chi connectivity index (χ4n) is 4.05. The number of nitrogens with zero attached hydrogens (tertiary/aromatic N) is 1. The second-order valence-electron chi connectivity index (χ2n) is 6.39. The van der Waals surface area contributed by atoms with Crippen molar-refractivity contribution < 1.29 is 4.79 Å². The Balaban J connectivity index is 1.79. The third kappa shape index (κ3) is 2.70. The van der Waals surface area contributed by atoms with Gasteiger partial charge in [-0.05, 0) is 54.8 Å². The maximum atomic E-state index is 12.5. The quantitative estimate of drug-likeness (QED) is 0.684. The second-order valence-corrected chi connectivity index (χ2v) is 7.74. The summed E-state index contributed by atoms with van der Waals surface area (Å²) >= 11 is 9.54. The van der Waals surface area contributed by atoms with Gasteiger partial charge in [0.2, 0.25) is 0 Å². The molecule has 2 nitrogen and oxygen atoms in total. The van der Waals surface area contributed by atoms with Crippen LogP contribution in [-0.4, -0.2) is 11.8 Å². The zero-order valence-electron chi connectivity index (χ0n) is 12.6. The van der Waals surface area contributed by atoms with Crippen LogP contribution in [0.15, 0.2) is 53.0 Å². The molecule has 3 aliphatic rings. The zero-order valence-corrected chi connectivity index (χ0v) is 14.9. The van der Waals surface area contributed by atoms with Gasteiger partial charge < -0.3 is 4.90 Å². The van der Waals surface area contributed by atoms with Gasteiger partial charge in [-0.2, -0.15) is 0 Å². The molecule has 0 spiro atoms. The van der Waals surface area contributed by atoms with Crippen LogP contribution in [0.3, 0.4) is 0 Å². The number of fused-ring (bicyclic) bond motifs is 3. The predicted molar refractivity (Wildman–Crippen MR) is 97.0 cm³/mol. The van der Waals surface area contributed by atoms with E-state index < -0.39 is 0 Å². The van der Waals surface area contributed by atoms with Crippen molar-refractivity contribution in [3.05, 3.63) is 63.6 Å². The maximum absolute atomic E-state index is 12.5. The highest BCUT2D eigenvalue weighted by Gasteiger charge is 2.47. The molecule has 4 heteroatoms. The van der Waals surface area contributed by atoms with Crippen LogP contribution in [0.25, 0.3) is 0 Å². The third-order valence-corrected chi connectivity index (χ3v) is 5.85. The lowest BCUT2D eigenvalue weighted by Gasteiger charge is -2.52. The number of carbonyl (C=O) groups is 1. The summed E-state index contributed by atoms with van der Waals surface area (Å²) in [6.07, 6.45) is 2.76. The minimum Gasteiger partial charge on any atom is -0.360 e. The molecule has 2 aliphatic heterocycles. The number of rotatable bonds is 2. The molecule has 0 amide bonds. The van der Waals surface area contributed by atoms with Gasteiger partial charge in [0.05, 0.1) is 6.04 Å². The SMILES string of the molecule is O=C1CC2CCC1C(c1ccc(Cl)cc1)N2c1ccc(Br)cc1. The third-order valence-electron chi connectivity index (χ3n) is 5.07. The predicted octanol–water partition coefficient (Wildman–Crippen LogP) is 5.40. The molecular weight excluding hydrogens is 374 g/mol. The highest BCUT2D eigenvalue weighted by molar-refractivity contribution is 9.10. The largest absolute Gasteiger partial charge is 0.360 e. The Morgan fingerprint density at radius 2 is 1.70 bits per heavy atom. The van der Waals surface area contributed by atoms with Crippen molar-refractivity contribution in [1.29, 1.82) is 0 Å². The lowest BCUT2D eigenvalue weighted by atomic mass is 9.71. The Bertz CT molecular complexity index is 728. The molecule has 0 N–H and O–H groups in total. The van der Waals surface area contributed by atoms with E-state index in [1.165, 1.54) is 11.3 Å². The molecule has 23 heavy (non-hydrogen) atoms. The molecular formula is C19H17BrClNO. The van der Waals surface area contributed by atoms with Crippen LogP contribution in [0.4, 0.5) is 5.69 Å². The molecule has 2 heterocycles. The highest BCUT2D eigenvalue weighted by atomic mass is 79.9. The number of hydrogen-bond donors (Lipinski definition) is 0. The first-order chi connectivity index (χ1) is 11.1. The summed E-state index contributed by atoms with van der Waals surface area (Å²) in [6, 6.07) is 16.8. The molecule has 0 radical (unpaired) electrons. The van der Waals surface area contributed by atoms with Crippen LogP contribution in [0.5, 0.6) is 0 Å². The molecule has 118 valence electrons. The second kappa shape index (κ2) is 5.95. The van der Waals surface area contributed by atoms with Crippen molar-refractivity contribution in [2.45, 2.75) is 31.3 Å². The molecule has 2 aromatic carbocycles. The molecule has 3 fully saturated rings. The van der Waals surface area contributed by atoms with Crippen LogP contribution >= 0.6 is 27.5 Å². The molecule has 5 rings (SSSR count). The molecule has 2 saturated heterocycles. The maximum Gasteiger partial charge on any atom is 0.140 e. The molecule has 2 aromatic rings. The van der Waals surface area contributed by atoms with E-state index in [-0.39, 0.29) is 12.0 Å². The summed E-state index contributed by atoms with van der Waals surface area (Å²) in [4.78, 5) is 14.9. The Kier molecular flexibility index (Phi) is 3.94. The number of Topliss-reactive ketones (excluding diaryl/α,β-unsaturated/α-hetero) is 1. The number of ketones is 1. The Morgan fingerprint density at radius 3 is 2.35 bits per heavy atom. The van der Waals surface area contributed by atoms with Crippen molar-refractivity contribution in [2.75, 3.05) is 4.90 Å². The van der Waals surface area contributed by atoms with Crippen molar-refractivity contribution in [1.82, 2.24) is 0 Å². The first-order valence-electron chi connectivity index (χ1n) is 7.95. The monoisotopic (exact) mass is 389 g/mol.